The third-order valence-corrected chi connectivity index (χ3v) is 3.96. The van der Waals surface area contributed by atoms with Crippen LogP contribution in [0.1, 0.15) is 0 Å². The third-order valence-electron chi connectivity index (χ3n) is 3.96. The van der Waals surface area contributed by atoms with Crippen molar-refractivity contribution in [3.8, 4) is 22.8 Å². The van der Waals surface area contributed by atoms with Crippen LogP contribution < -0.4 is 15.5 Å². The Morgan fingerprint density at radius 1 is 1.18 bits per heavy atom. The molecule has 0 bridgehead atoms. The fourth-order valence-corrected chi connectivity index (χ4v) is 2.57. The number of amides is 1. The number of carbonyl (C=O) groups excluding carboxylic acids is 1. The smallest absolute Gasteiger partial charge is 0.258 e. The van der Waals surface area contributed by atoms with E-state index in [0.29, 0.717) is 11.3 Å². The minimum absolute atomic E-state index is 0.0163. The maximum absolute atomic E-state index is 12.4. The summed E-state index contributed by atoms with van der Waals surface area (Å²) in [5.41, 5.74) is 0.423. The maximum atomic E-state index is 12.4. The maximum Gasteiger partial charge on any atom is 0.258 e. The third kappa shape index (κ3) is 4.48. The summed E-state index contributed by atoms with van der Waals surface area (Å²) < 4.78 is 11.1. The van der Waals surface area contributed by atoms with E-state index in [1.807, 2.05) is 18.2 Å². The number of rotatable bonds is 7. The Balaban J connectivity index is 1.83. The number of fused-ring (bicyclic) bond motifs is 1. The van der Waals surface area contributed by atoms with E-state index in [4.69, 9.17) is 14.3 Å². The highest BCUT2D eigenvalue weighted by Crippen LogP contribution is 2.31. The van der Waals surface area contributed by atoms with Gasteiger partial charge in [0, 0.05) is 30.3 Å². The largest absolute Gasteiger partial charge is 0.507 e. The molecule has 1 unspecified atom stereocenters. The monoisotopic (exact) mass is 385 g/mol. The summed E-state index contributed by atoms with van der Waals surface area (Å²) in [6.07, 6.45) is -1.06. The lowest BCUT2D eigenvalue weighted by Crippen LogP contribution is -2.36. The van der Waals surface area contributed by atoms with Crippen molar-refractivity contribution in [1.29, 1.82) is 0 Å². The summed E-state index contributed by atoms with van der Waals surface area (Å²) in [6, 6.07) is 13.0. The Morgan fingerprint density at radius 3 is 2.64 bits per heavy atom. The number of carbonyl (C=O) groups is 1. The first kappa shape index (κ1) is 19.4. The lowest BCUT2D eigenvalue weighted by atomic mass is 10.1. The summed E-state index contributed by atoms with van der Waals surface area (Å²) >= 11 is 0. The lowest BCUT2D eigenvalue weighted by Gasteiger charge is -2.11. The zero-order valence-corrected chi connectivity index (χ0v) is 14.8. The van der Waals surface area contributed by atoms with Gasteiger partial charge in [0.1, 0.15) is 28.2 Å². The van der Waals surface area contributed by atoms with Crippen LogP contribution in [0, 0.1) is 0 Å². The second-order valence-electron chi connectivity index (χ2n) is 6.09. The van der Waals surface area contributed by atoms with Crippen LogP contribution in [0.5, 0.6) is 11.5 Å². The highest BCUT2D eigenvalue weighted by atomic mass is 16.5. The van der Waals surface area contributed by atoms with E-state index in [-0.39, 0.29) is 35.6 Å². The van der Waals surface area contributed by atoms with Gasteiger partial charge in [-0.3, -0.25) is 9.59 Å². The Kier molecular flexibility index (Phi) is 5.93. The summed E-state index contributed by atoms with van der Waals surface area (Å²) in [4.78, 5) is 24.1. The van der Waals surface area contributed by atoms with Crippen LogP contribution in [0.3, 0.4) is 0 Å². The van der Waals surface area contributed by atoms with Crippen LogP contribution in [0.2, 0.25) is 0 Å². The van der Waals surface area contributed by atoms with Crippen molar-refractivity contribution in [3.63, 3.8) is 0 Å². The molecule has 8 heteroatoms. The molecule has 1 aromatic heterocycles. The highest BCUT2D eigenvalue weighted by Gasteiger charge is 2.14. The molecule has 8 nitrogen and oxygen atoms in total. The lowest BCUT2D eigenvalue weighted by molar-refractivity contribution is -0.123. The van der Waals surface area contributed by atoms with E-state index in [1.165, 1.54) is 18.2 Å². The second kappa shape index (κ2) is 8.55. The van der Waals surface area contributed by atoms with Crippen LogP contribution in [0.4, 0.5) is 0 Å². The zero-order chi connectivity index (χ0) is 20.1. The van der Waals surface area contributed by atoms with Gasteiger partial charge in [-0.2, -0.15) is 0 Å². The number of benzene rings is 2. The average Bonchev–Trinajstić information content (AvgIpc) is 2.70. The summed E-state index contributed by atoms with van der Waals surface area (Å²) in [5.74, 6) is -0.370. The first-order valence-electron chi connectivity index (χ1n) is 8.52. The van der Waals surface area contributed by atoms with Gasteiger partial charge in [-0.05, 0) is 0 Å². The SMILES string of the molecule is O=C(COc1cc(O)c2c(=O)cc(-c3ccccc3)oc2c1)NCC(O)CO. The van der Waals surface area contributed by atoms with Gasteiger partial charge in [0.2, 0.25) is 0 Å². The first-order chi connectivity index (χ1) is 13.5. The number of ether oxygens (including phenoxy) is 1. The molecule has 0 fully saturated rings. The summed E-state index contributed by atoms with van der Waals surface area (Å²) in [7, 11) is 0. The van der Waals surface area contributed by atoms with Crippen LogP contribution in [0.15, 0.2) is 57.7 Å². The van der Waals surface area contributed by atoms with Crippen molar-refractivity contribution in [1.82, 2.24) is 5.32 Å². The summed E-state index contributed by atoms with van der Waals surface area (Å²) in [5, 5.41) is 30.5. The Morgan fingerprint density at radius 2 is 1.93 bits per heavy atom. The van der Waals surface area contributed by atoms with Gasteiger partial charge < -0.3 is 29.8 Å². The number of aromatic hydroxyl groups is 1. The van der Waals surface area contributed by atoms with Crippen LogP contribution in [0.25, 0.3) is 22.3 Å². The van der Waals surface area contributed by atoms with E-state index in [9.17, 15) is 19.8 Å². The molecule has 0 saturated carbocycles. The quantitative estimate of drug-likeness (QED) is 0.478. The predicted octanol–water partition coefficient (Wildman–Crippen LogP) is 1.01. The van der Waals surface area contributed by atoms with E-state index < -0.39 is 24.0 Å². The zero-order valence-electron chi connectivity index (χ0n) is 14.8. The van der Waals surface area contributed by atoms with Crippen molar-refractivity contribution >= 4 is 16.9 Å². The molecule has 0 aliphatic heterocycles. The van der Waals surface area contributed by atoms with Crippen LogP contribution in [-0.2, 0) is 4.79 Å². The molecule has 0 radical (unpaired) electrons. The number of aliphatic hydroxyl groups excluding tert-OH is 2. The van der Waals surface area contributed by atoms with Crippen molar-refractivity contribution in [2.45, 2.75) is 6.10 Å². The molecule has 1 heterocycles. The van der Waals surface area contributed by atoms with Gasteiger partial charge >= 0.3 is 0 Å². The molecule has 28 heavy (non-hydrogen) atoms. The van der Waals surface area contributed by atoms with Gasteiger partial charge in [-0.15, -0.1) is 0 Å². The average molecular weight is 385 g/mol. The van der Waals surface area contributed by atoms with E-state index >= 15 is 0 Å². The number of hydrogen-bond donors (Lipinski definition) is 4. The van der Waals surface area contributed by atoms with Gasteiger partial charge in [-0.1, -0.05) is 30.3 Å². The van der Waals surface area contributed by atoms with Gasteiger partial charge in [0.25, 0.3) is 5.91 Å². The van der Waals surface area contributed by atoms with E-state index in [2.05, 4.69) is 5.32 Å². The van der Waals surface area contributed by atoms with Crippen LogP contribution >= 0.6 is 0 Å². The molecule has 1 amide bonds. The van der Waals surface area contributed by atoms with Crippen molar-refractivity contribution in [2.24, 2.45) is 0 Å². The van der Waals surface area contributed by atoms with Gasteiger partial charge in [0.05, 0.1) is 12.7 Å². The number of phenolic OH excluding ortho intramolecular Hbond substituents is 1. The molecular formula is C20H19NO7. The van der Waals surface area contributed by atoms with Crippen molar-refractivity contribution in [2.75, 3.05) is 19.8 Å². The Hall–Kier alpha value is -3.36. The molecule has 2 aromatic carbocycles. The van der Waals surface area contributed by atoms with Crippen LogP contribution in [-0.4, -0.2) is 47.1 Å². The topological polar surface area (TPSA) is 129 Å². The molecular weight excluding hydrogens is 366 g/mol. The normalized spacial score (nSPS) is 11.9. The highest BCUT2D eigenvalue weighted by molar-refractivity contribution is 5.86. The molecule has 3 rings (SSSR count). The van der Waals surface area contributed by atoms with Crippen molar-refractivity contribution < 1.29 is 29.3 Å². The molecule has 1 atom stereocenters. The second-order valence-corrected chi connectivity index (χ2v) is 6.09. The minimum Gasteiger partial charge on any atom is -0.507 e. The van der Waals surface area contributed by atoms with E-state index in [1.54, 1.807) is 12.1 Å². The minimum atomic E-state index is -1.06. The van der Waals surface area contributed by atoms with Gasteiger partial charge in [0.15, 0.2) is 12.0 Å². The Bertz CT molecular complexity index is 1030. The Labute approximate surface area is 159 Å². The standard InChI is InChI=1S/C20H19NO7/c22-10-13(23)9-21-19(26)11-27-14-6-15(24)20-16(25)8-17(28-18(20)7-14)12-4-2-1-3-5-12/h1-8,13,22-24H,9-11H2,(H,21,26). The molecule has 3 aromatic rings. The molecule has 0 aliphatic rings. The number of nitrogens with one attached hydrogen (secondary N) is 1. The first-order valence-corrected chi connectivity index (χ1v) is 8.52. The van der Waals surface area contributed by atoms with E-state index in [0.717, 1.165) is 0 Å². The predicted molar refractivity (Wildman–Crippen MR) is 101 cm³/mol. The number of hydrogen-bond acceptors (Lipinski definition) is 7. The molecule has 0 aliphatic carbocycles. The molecule has 146 valence electrons. The molecule has 0 saturated heterocycles. The van der Waals surface area contributed by atoms with Crippen molar-refractivity contribution in [3.05, 3.63) is 58.8 Å². The number of phenols is 1. The van der Waals surface area contributed by atoms with Gasteiger partial charge in [-0.25, -0.2) is 0 Å². The molecule has 4 N–H and O–H groups in total. The summed E-state index contributed by atoms with van der Waals surface area (Å²) in [6.45, 7) is -0.967. The fraction of sp³-hybridized carbons (Fsp3) is 0.200. The fourth-order valence-electron chi connectivity index (χ4n) is 2.57. The number of aliphatic hydroxyl groups is 2. The molecule has 0 spiro atoms.